The average molecular weight is 284 g/mol. The minimum atomic E-state index is 0.509. The van der Waals surface area contributed by atoms with Crippen LogP contribution in [0.4, 0.5) is 5.95 Å². The van der Waals surface area contributed by atoms with E-state index in [1.807, 2.05) is 16.7 Å². The molecule has 112 valence electrons. The summed E-state index contributed by atoms with van der Waals surface area (Å²) in [5, 5.41) is 9.11. The van der Waals surface area contributed by atoms with E-state index in [1.54, 1.807) is 6.07 Å². The highest BCUT2D eigenvalue weighted by Crippen LogP contribution is 2.22. The Labute approximate surface area is 126 Å². The lowest BCUT2D eigenvalue weighted by molar-refractivity contribution is 0.508. The number of para-hydroxylation sites is 1. The predicted molar refractivity (Wildman–Crippen MR) is 86.8 cm³/mol. The zero-order valence-corrected chi connectivity index (χ0v) is 13.0. The van der Waals surface area contributed by atoms with E-state index < -0.39 is 0 Å². The normalized spacial score (nSPS) is 11.1. The molecular weight excluding hydrogens is 260 g/mol. The van der Waals surface area contributed by atoms with Crippen molar-refractivity contribution < 1.29 is 0 Å². The van der Waals surface area contributed by atoms with Crippen LogP contribution in [0.5, 0.6) is 0 Å². The molecule has 0 aliphatic carbocycles. The molecule has 1 aromatic heterocycles. The van der Waals surface area contributed by atoms with Crippen molar-refractivity contribution in [2.75, 3.05) is 5.73 Å². The molecule has 1 aromatic carbocycles. The predicted octanol–water partition coefficient (Wildman–Crippen LogP) is 4.10. The van der Waals surface area contributed by atoms with Crippen molar-refractivity contribution in [1.29, 1.82) is 5.26 Å². The van der Waals surface area contributed by atoms with Crippen molar-refractivity contribution in [2.24, 2.45) is 5.92 Å². The Hall–Kier alpha value is -2.02. The van der Waals surface area contributed by atoms with Crippen molar-refractivity contribution in [3.05, 3.63) is 23.8 Å². The Morgan fingerprint density at radius 3 is 2.71 bits per heavy atom. The van der Waals surface area contributed by atoms with Crippen LogP contribution in [0.1, 0.15) is 51.5 Å². The Bertz CT molecular complexity index is 634. The molecule has 4 heteroatoms. The number of hydrogen-bond donors (Lipinski definition) is 1. The van der Waals surface area contributed by atoms with E-state index in [2.05, 4.69) is 24.9 Å². The van der Waals surface area contributed by atoms with Gasteiger partial charge in [-0.3, -0.25) is 0 Å². The first-order valence-corrected chi connectivity index (χ1v) is 7.78. The van der Waals surface area contributed by atoms with E-state index in [0.717, 1.165) is 29.9 Å². The third-order valence-corrected chi connectivity index (χ3v) is 3.84. The summed E-state index contributed by atoms with van der Waals surface area (Å²) >= 11 is 0. The Morgan fingerprint density at radius 2 is 2.00 bits per heavy atom. The van der Waals surface area contributed by atoms with Crippen LogP contribution in [0.2, 0.25) is 0 Å². The molecule has 2 N–H and O–H groups in total. The SMILES string of the molecule is CC(C)CCCCCCn1c(N)nc2c(C#N)cccc21. The number of nitrogen functional groups attached to an aromatic ring is 1. The van der Waals surface area contributed by atoms with Gasteiger partial charge >= 0.3 is 0 Å². The number of anilines is 1. The Morgan fingerprint density at radius 1 is 1.24 bits per heavy atom. The maximum Gasteiger partial charge on any atom is 0.201 e. The molecule has 2 rings (SSSR count). The number of rotatable bonds is 7. The highest BCUT2D eigenvalue weighted by molar-refractivity contribution is 5.83. The van der Waals surface area contributed by atoms with Gasteiger partial charge in [-0.2, -0.15) is 5.26 Å². The van der Waals surface area contributed by atoms with Gasteiger partial charge in [0.25, 0.3) is 0 Å². The van der Waals surface area contributed by atoms with Crippen LogP contribution in [0.3, 0.4) is 0 Å². The first-order chi connectivity index (χ1) is 10.1. The number of hydrogen-bond acceptors (Lipinski definition) is 3. The summed E-state index contributed by atoms with van der Waals surface area (Å²) in [6.45, 7) is 5.41. The molecule has 0 bridgehead atoms. The summed E-state index contributed by atoms with van der Waals surface area (Å²) in [5.74, 6) is 1.30. The number of benzene rings is 1. The molecule has 2 aromatic rings. The monoisotopic (exact) mass is 284 g/mol. The summed E-state index contributed by atoms with van der Waals surface area (Å²) in [4.78, 5) is 4.34. The summed E-state index contributed by atoms with van der Waals surface area (Å²) in [5.41, 5.74) is 8.28. The second kappa shape index (κ2) is 7.12. The third-order valence-electron chi connectivity index (χ3n) is 3.84. The first kappa shape index (κ1) is 15.4. The number of aromatic nitrogens is 2. The van der Waals surface area contributed by atoms with Crippen LogP contribution >= 0.6 is 0 Å². The van der Waals surface area contributed by atoms with Crippen LogP contribution in [0.25, 0.3) is 11.0 Å². The minimum absolute atomic E-state index is 0.509. The van der Waals surface area contributed by atoms with Crippen LogP contribution in [0, 0.1) is 17.2 Å². The van der Waals surface area contributed by atoms with Crippen LogP contribution in [-0.2, 0) is 6.54 Å². The lowest BCUT2D eigenvalue weighted by Gasteiger charge is -2.07. The van der Waals surface area contributed by atoms with Gasteiger partial charge in [-0.1, -0.05) is 45.6 Å². The van der Waals surface area contributed by atoms with Gasteiger partial charge in [0, 0.05) is 6.54 Å². The van der Waals surface area contributed by atoms with E-state index in [1.165, 1.54) is 25.7 Å². The third kappa shape index (κ3) is 3.75. The fourth-order valence-corrected chi connectivity index (χ4v) is 2.67. The molecule has 0 saturated carbocycles. The maximum atomic E-state index is 9.11. The van der Waals surface area contributed by atoms with Crippen molar-refractivity contribution in [1.82, 2.24) is 9.55 Å². The molecule has 0 fully saturated rings. The molecule has 0 spiro atoms. The molecule has 0 atom stereocenters. The summed E-state index contributed by atoms with van der Waals surface area (Å²) in [6.07, 6.45) is 6.19. The quantitative estimate of drug-likeness (QED) is 0.778. The van der Waals surface area contributed by atoms with Gasteiger partial charge in [0.05, 0.1) is 11.1 Å². The molecule has 0 amide bonds. The van der Waals surface area contributed by atoms with Gasteiger partial charge in [-0.25, -0.2) is 4.98 Å². The fourth-order valence-electron chi connectivity index (χ4n) is 2.67. The zero-order chi connectivity index (χ0) is 15.2. The summed E-state index contributed by atoms with van der Waals surface area (Å²) < 4.78 is 2.03. The molecular formula is C17H24N4. The molecule has 0 aliphatic heterocycles. The van der Waals surface area contributed by atoms with Crippen molar-refractivity contribution in [3.8, 4) is 6.07 Å². The second-order valence-electron chi connectivity index (χ2n) is 6.00. The van der Waals surface area contributed by atoms with Crippen LogP contribution in [0.15, 0.2) is 18.2 Å². The van der Waals surface area contributed by atoms with E-state index in [9.17, 15) is 0 Å². The largest absolute Gasteiger partial charge is 0.369 e. The van der Waals surface area contributed by atoms with Gasteiger partial charge in [-0.15, -0.1) is 0 Å². The van der Waals surface area contributed by atoms with Crippen molar-refractivity contribution >= 4 is 17.0 Å². The average Bonchev–Trinajstić information content (AvgIpc) is 2.78. The topological polar surface area (TPSA) is 67.6 Å². The second-order valence-corrected chi connectivity index (χ2v) is 6.00. The van der Waals surface area contributed by atoms with E-state index >= 15 is 0 Å². The van der Waals surface area contributed by atoms with E-state index in [-0.39, 0.29) is 0 Å². The fraction of sp³-hybridized carbons (Fsp3) is 0.529. The Kier molecular flexibility index (Phi) is 5.21. The van der Waals surface area contributed by atoms with Gasteiger partial charge in [0.15, 0.2) is 0 Å². The molecule has 21 heavy (non-hydrogen) atoms. The van der Waals surface area contributed by atoms with E-state index in [0.29, 0.717) is 11.5 Å². The first-order valence-electron chi connectivity index (χ1n) is 7.78. The highest BCUT2D eigenvalue weighted by Gasteiger charge is 2.10. The lowest BCUT2D eigenvalue weighted by atomic mass is 10.0. The minimum Gasteiger partial charge on any atom is -0.369 e. The smallest absolute Gasteiger partial charge is 0.201 e. The lowest BCUT2D eigenvalue weighted by Crippen LogP contribution is -2.03. The summed E-state index contributed by atoms with van der Waals surface area (Å²) in [7, 11) is 0. The van der Waals surface area contributed by atoms with Gasteiger partial charge in [0.1, 0.15) is 11.6 Å². The summed E-state index contributed by atoms with van der Waals surface area (Å²) in [6, 6.07) is 7.83. The number of fused-ring (bicyclic) bond motifs is 1. The van der Waals surface area contributed by atoms with Gasteiger partial charge in [-0.05, 0) is 24.5 Å². The van der Waals surface area contributed by atoms with E-state index in [4.69, 9.17) is 11.0 Å². The molecule has 1 heterocycles. The van der Waals surface area contributed by atoms with Crippen molar-refractivity contribution in [3.63, 3.8) is 0 Å². The van der Waals surface area contributed by atoms with Gasteiger partial charge < -0.3 is 10.3 Å². The number of nitrogens with two attached hydrogens (primary N) is 1. The zero-order valence-electron chi connectivity index (χ0n) is 13.0. The van der Waals surface area contributed by atoms with Crippen molar-refractivity contribution in [2.45, 2.75) is 52.5 Å². The molecule has 0 aliphatic rings. The van der Waals surface area contributed by atoms with Gasteiger partial charge in [0.2, 0.25) is 5.95 Å². The number of nitrogens with zero attached hydrogens (tertiary/aromatic N) is 3. The molecule has 4 nitrogen and oxygen atoms in total. The molecule has 0 saturated heterocycles. The Balaban J connectivity index is 1.96. The maximum absolute atomic E-state index is 9.11. The number of imidazole rings is 1. The molecule has 0 radical (unpaired) electrons. The molecule has 0 unspecified atom stereocenters. The highest BCUT2D eigenvalue weighted by atomic mass is 15.1. The number of nitriles is 1. The number of aryl methyl sites for hydroxylation is 1. The number of unbranched alkanes of at least 4 members (excludes halogenated alkanes) is 3. The van der Waals surface area contributed by atoms with Crippen LogP contribution < -0.4 is 5.73 Å². The van der Waals surface area contributed by atoms with Crippen LogP contribution in [-0.4, -0.2) is 9.55 Å². The standard InChI is InChI=1S/C17H24N4/c1-13(2)8-5-3-4-6-11-21-15-10-7-9-14(12-18)16(15)20-17(21)19/h7,9-10,13H,3-6,8,11H2,1-2H3,(H2,19,20).